The predicted octanol–water partition coefficient (Wildman–Crippen LogP) is 5.21. The van der Waals surface area contributed by atoms with Crippen molar-refractivity contribution in [2.45, 2.75) is 18.4 Å². The molecule has 0 atom stereocenters. The SMILES string of the molecule is CCOc1ccccc1NC(=O)CSc1cn(CCNC(=O)c2ccccc2OC)c2ccccc12. The second-order valence-electron chi connectivity index (χ2n) is 7.93. The highest BCUT2D eigenvalue weighted by Crippen LogP contribution is 2.31. The molecule has 2 amide bonds. The number of benzene rings is 3. The van der Waals surface area contributed by atoms with Crippen LogP contribution in [0.15, 0.2) is 83.9 Å². The Bertz CT molecular complexity index is 1350. The topological polar surface area (TPSA) is 81.6 Å². The first-order valence-corrected chi connectivity index (χ1v) is 12.7. The van der Waals surface area contributed by atoms with E-state index < -0.39 is 0 Å². The standard InChI is InChI=1S/C28H29N3O4S/c1-3-35-25-15-9-6-12-22(25)30-27(32)19-36-26-18-31(23-13-7-4-10-20(23)26)17-16-29-28(33)21-11-5-8-14-24(21)34-2/h4-15,18H,3,16-17,19H2,1-2H3,(H,29,33)(H,30,32). The van der Waals surface area contributed by atoms with Gasteiger partial charge >= 0.3 is 0 Å². The van der Waals surface area contributed by atoms with Crippen LogP contribution in [0.5, 0.6) is 11.5 Å². The Kier molecular flexibility index (Phi) is 8.52. The second-order valence-corrected chi connectivity index (χ2v) is 8.94. The molecule has 0 unspecified atom stereocenters. The summed E-state index contributed by atoms with van der Waals surface area (Å²) in [5.74, 6) is 1.18. The van der Waals surface area contributed by atoms with Gasteiger partial charge in [-0.25, -0.2) is 0 Å². The van der Waals surface area contributed by atoms with Gasteiger partial charge in [0.15, 0.2) is 0 Å². The number of hydrogen-bond donors (Lipinski definition) is 2. The smallest absolute Gasteiger partial charge is 0.255 e. The zero-order chi connectivity index (χ0) is 25.3. The van der Waals surface area contributed by atoms with Gasteiger partial charge in [0.25, 0.3) is 5.91 Å². The monoisotopic (exact) mass is 503 g/mol. The van der Waals surface area contributed by atoms with Crippen LogP contribution in [0.1, 0.15) is 17.3 Å². The molecule has 3 aromatic carbocycles. The van der Waals surface area contributed by atoms with Crippen LogP contribution in [0.4, 0.5) is 5.69 Å². The van der Waals surface area contributed by atoms with Crippen molar-refractivity contribution in [3.63, 3.8) is 0 Å². The third-order valence-electron chi connectivity index (χ3n) is 5.56. The lowest BCUT2D eigenvalue weighted by atomic mass is 10.2. The van der Waals surface area contributed by atoms with Gasteiger partial charge in [-0.2, -0.15) is 0 Å². The Labute approximate surface area is 214 Å². The van der Waals surface area contributed by atoms with Crippen molar-refractivity contribution in [3.8, 4) is 11.5 Å². The number of rotatable bonds is 11. The number of ether oxygens (including phenoxy) is 2. The van der Waals surface area contributed by atoms with Gasteiger partial charge in [-0.1, -0.05) is 42.5 Å². The van der Waals surface area contributed by atoms with Crippen LogP contribution in [0.2, 0.25) is 0 Å². The fourth-order valence-electron chi connectivity index (χ4n) is 3.91. The summed E-state index contributed by atoms with van der Waals surface area (Å²) in [5.41, 5.74) is 2.22. The van der Waals surface area contributed by atoms with Crippen LogP contribution >= 0.6 is 11.8 Å². The number of carbonyl (C=O) groups excluding carboxylic acids is 2. The molecule has 1 heterocycles. The van der Waals surface area contributed by atoms with Crippen LogP contribution in [0, 0.1) is 0 Å². The van der Waals surface area contributed by atoms with E-state index in [9.17, 15) is 9.59 Å². The molecule has 8 heteroatoms. The van der Waals surface area contributed by atoms with Crippen molar-refractivity contribution in [1.29, 1.82) is 0 Å². The van der Waals surface area contributed by atoms with E-state index in [0.717, 1.165) is 15.8 Å². The number of amides is 2. The van der Waals surface area contributed by atoms with Crippen molar-refractivity contribution in [3.05, 3.63) is 84.6 Å². The third kappa shape index (κ3) is 6.01. The number of thioether (sulfide) groups is 1. The van der Waals surface area contributed by atoms with Crippen molar-refractivity contribution in [2.24, 2.45) is 0 Å². The summed E-state index contributed by atoms with van der Waals surface area (Å²) in [6, 6.07) is 22.6. The molecule has 0 saturated carbocycles. The summed E-state index contributed by atoms with van der Waals surface area (Å²) in [4.78, 5) is 26.3. The first-order valence-electron chi connectivity index (χ1n) is 11.7. The number of aromatic nitrogens is 1. The Morgan fingerprint density at radius 2 is 1.67 bits per heavy atom. The number of fused-ring (bicyclic) bond motifs is 1. The third-order valence-corrected chi connectivity index (χ3v) is 6.60. The first kappa shape index (κ1) is 25.2. The summed E-state index contributed by atoms with van der Waals surface area (Å²) in [5, 5.41) is 6.98. The maximum atomic E-state index is 12.7. The molecule has 4 rings (SSSR count). The summed E-state index contributed by atoms with van der Waals surface area (Å²) in [6.07, 6.45) is 2.03. The van der Waals surface area contributed by atoms with Crippen LogP contribution in [0.25, 0.3) is 10.9 Å². The van der Waals surface area contributed by atoms with Crippen LogP contribution < -0.4 is 20.1 Å². The molecule has 0 radical (unpaired) electrons. The molecule has 1 aromatic heterocycles. The van der Waals surface area contributed by atoms with E-state index in [-0.39, 0.29) is 17.6 Å². The van der Waals surface area contributed by atoms with Crippen molar-refractivity contribution in [1.82, 2.24) is 9.88 Å². The number of para-hydroxylation sites is 4. The van der Waals surface area contributed by atoms with Gasteiger partial charge in [-0.3, -0.25) is 9.59 Å². The van der Waals surface area contributed by atoms with Crippen LogP contribution in [-0.2, 0) is 11.3 Å². The van der Waals surface area contributed by atoms with Gasteiger partial charge in [0, 0.05) is 35.1 Å². The molecular weight excluding hydrogens is 474 g/mol. The molecule has 186 valence electrons. The molecule has 0 aliphatic rings. The zero-order valence-corrected chi connectivity index (χ0v) is 21.1. The second kappa shape index (κ2) is 12.2. The highest BCUT2D eigenvalue weighted by molar-refractivity contribution is 8.00. The van der Waals surface area contributed by atoms with Gasteiger partial charge in [0.1, 0.15) is 11.5 Å². The zero-order valence-electron chi connectivity index (χ0n) is 20.3. The predicted molar refractivity (Wildman–Crippen MR) is 144 cm³/mol. The number of nitrogens with zero attached hydrogens (tertiary/aromatic N) is 1. The number of hydrogen-bond acceptors (Lipinski definition) is 5. The van der Waals surface area contributed by atoms with E-state index in [1.165, 1.54) is 11.8 Å². The molecule has 0 bridgehead atoms. The molecular formula is C28H29N3O4S. The number of anilines is 1. The number of carbonyl (C=O) groups is 2. The molecule has 2 N–H and O–H groups in total. The van der Waals surface area contributed by atoms with E-state index in [1.807, 2.05) is 73.8 Å². The first-order chi connectivity index (χ1) is 17.6. The molecule has 36 heavy (non-hydrogen) atoms. The quantitative estimate of drug-likeness (QED) is 0.275. The van der Waals surface area contributed by atoms with Crippen molar-refractivity contribution >= 4 is 40.2 Å². The molecule has 0 aliphatic heterocycles. The normalized spacial score (nSPS) is 10.7. The largest absolute Gasteiger partial charge is 0.496 e. The van der Waals surface area contributed by atoms with Crippen LogP contribution in [0.3, 0.4) is 0 Å². The number of nitrogens with one attached hydrogen (secondary N) is 2. The summed E-state index contributed by atoms with van der Waals surface area (Å²) in [7, 11) is 1.55. The van der Waals surface area contributed by atoms with Gasteiger partial charge in [-0.15, -0.1) is 11.8 Å². The lowest BCUT2D eigenvalue weighted by molar-refractivity contribution is -0.113. The van der Waals surface area contributed by atoms with E-state index in [1.54, 1.807) is 19.2 Å². The lowest BCUT2D eigenvalue weighted by Crippen LogP contribution is -2.27. The summed E-state index contributed by atoms with van der Waals surface area (Å²) >= 11 is 1.48. The Morgan fingerprint density at radius 3 is 2.47 bits per heavy atom. The maximum absolute atomic E-state index is 12.7. The fourth-order valence-corrected chi connectivity index (χ4v) is 4.80. The number of methoxy groups -OCH3 is 1. The van der Waals surface area contributed by atoms with Gasteiger partial charge < -0.3 is 24.7 Å². The molecule has 0 spiro atoms. The van der Waals surface area contributed by atoms with Crippen molar-refractivity contribution in [2.75, 3.05) is 31.3 Å². The van der Waals surface area contributed by atoms with Crippen LogP contribution in [-0.4, -0.2) is 42.4 Å². The molecule has 4 aromatic rings. The fraction of sp³-hybridized carbons (Fsp3) is 0.214. The summed E-state index contributed by atoms with van der Waals surface area (Å²) < 4.78 is 13.0. The van der Waals surface area contributed by atoms with E-state index in [2.05, 4.69) is 15.2 Å². The minimum Gasteiger partial charge on any atom is -0.496 e. The highest BCUT2D eigenvalue weighted by Gasteiger charge is 2.14. The minimum atomic E-state index is -0.178. The molecule has 0 saturated heterocycles. The Balaban J connectivity index is 1.39. The van der Waals surface area contributed by atoms with E-state index in [4.69, 9.17) is 9.47 Å². The van der Waals surface area contributed by atoms with Gasteiger partial charge in [-0.05, 0) is 37.3 Å². The lowest BCUT2D eigenvalue weighted by Gasteiger charge is -2.11. The Hall–Kier alpha value is -3.91. The van der Waals surface area contributed by atoms with Crippen molar-refractivity contribution < 1.29 is 19.1 Å². The van der Waals surface area contributed by atoms with E-state index >= 15 is 0 Å². The van der Waals surface area contributed by atoms with Gasteiger partial charge in [0.2, 0.25) is 5.91 Å². The van der Waals surface area contributed by atoms with Gasteiger partial charge in [0.05, 0.1) is 30.7 Å². The maximum Gasteiger partial charge on any atom is 0.255 e. The Morgan fingerprint density at radius 1 is 0.944 bits per heavy atom. The highest BCUT2D eigenvalue weighted by atomic mass is 32.2. The van der Waals surface area contributed by atoms with E-state index in [0.29, 0.717) is 42.4 Å². The molecule has 0 aliphatic carbocycles. The average molecular weight is 504 g/mol. The molecule has 0 fully saturated rings. The summed E-state index contributed by atoms with van der Waals surface area (Å²) in [6.45, 7) is 3.49. The molecule has 7 nitrogen and oxygen atoms in total. The average Bonchev–Trinajstić information content (AvgIpc) is 3.26. The minimum absolute atomic E-state index is 0.104.